The number of rotatable bonds is 8. The number of guanidine groups is 1. The molecule has 1 aromatic heterocycles. The summed E-state index contributed by atoms with van der Waals surface area (Å²) in [6.45, 7) is 8.15. The van der Waals surface area contributed by atoms with Gasteiger partial charge < -0.3 is 20.1 Å². The van der Waals surface area contributed by atoms with E-state index < -0.39 is 5.54 Å². The molecule has 0 aromatic carbocycles. The summed E-state index contributed by atoms with van der Waals surface area (Å²) < 4.78 is 2.09. The average molecular weight is 504 g/mol. The van der Waals surface area contributed by atoms with E-state index in [4.69, 9.17) is 0 Å². The van der Waals surface area contributed by atoms with Crippen molar-refractivity contribution in [2.45, 2.75) is 45.7 Å². The van der Waals surface area contributed by atoms with Gasteiger partial charge in [-0.05, 0) is 38.8 Å². The second-order valence-electron chi connectivity index (χ2n) is 7.13. The van der Waals surface area contributed by atoms with Crippen LogP contribution in [-0.4, -0.2) is 64.5 Å². The maximum Gasteiger partial charge on any atom is 0.325 e. The molecule has 9 heteroatoms. The zero-order chi connectivity index (χ0) is 20.0. The summed E-state index contributed by atoms with van der Waals surface area (Å²) in [6, 6.07) is 3.80. The molecule has 28 heavy (non-hydrogen) atoms. The lowest BCUT2D eigenvalue weighted by Gasteiger charge is -2.22. The number of aryl methyl sites for hydroxylation is 1. The number of nitrogens with zero attached hydrogens (tertiary/aromatic N) is 4. The summed E-state index contributed by atoms with van der Waals surface area (Å²) in [7, 11) is 4.02. The smallest absolute Gasteiger partial charge is 0.325 e. The fourth-order valence-electron chi connectivity index (χ4n) is 3.05. The largest absolute Gasteiger partial charge is 0.357 e. The predicted octanol–water partition coefficient (Wildman–Crippen LogP) is 2.15. The number of imide groups is 1. The fraction of sp³-hybridized carbons (Fsp3) is 0.632. The van der Waals surface area contributed by atoms with Crippen LogP contribution in [0.2, 0.25) is 0 Å². The van der Waals surface area contributed by atoms with E-state index in [9.17, 15) is 9.59 Å². The molecule has 0 spiro atoms. The summed E-state index contributed by atoms with van der Waals surface area (Å²) in [5.74, 6) is 0.668. The molecule has 1 unspecified atom stereocenters. The number of nitrogens with one attached hydrogen (secondary N) is 2. The molecule has 2 heterocycles. The highest BCUT2D eigenvalue weighted by molar-refractivity contribution is 14.0. The highest BCUT2D eigenvalue weighted by atomic mass is 127. The first-order valence-electron chi connectivity index (χ1n) is 9.56. The van der Waals surface area contributed by atoms with Crippen molar-refractivity contribution in [1.82, 2.24) is 25.0 Å². The first-order valence-corrected chi connectivity index (χ1v) is 9.56. The first-order chi connectivity index (χ1) is 12.8. The van der Waals surface area contributed by atoms with Crippen LogP contribution in [0.25, 0.3) is 0 Å². The predicted molar refractivity (Wildman–Crippen MR) is 122 cm³/mol. The van der Waals surface area contributed by atoms with E-state index in [1.807, 2.05) is 40.2 Å². The Balaban J connectivity index is 0.00000392. The Bertz CT molecular complexity index is 704. The molecule has 1 fully saturated rings. The second kappa shape index (κ2) is 10.7. The standard InChI is InChI=1S/C19H32N6O2.HI/c1-6-19(3)16(26)25(18(27)22-19)13-9-11-21-17(20-7-2)24(5)14-15-10-8-12-23(15)4;/h8,10,12H,6-7,9,11,13-14H2,1-5H3,(H,20,21)(H,22,27);1H. The van der Waals surface area contributed by atoms with E-state index in [-0.39, 0.29) is 35.9 Å². The Labute approximate surface area is 184 Å². The third-order valence-electron chi connectivity index (χ3n) is 5.00. The van der Waals surface area contributed by atoms with Gasteiger partial charge in [0.25, 0.3) is 5.91 Å². The summed E-state index contributed by atoms with van der Waals surface area (Å²) >= 11 is 0. The molecule has 1 aromatic rings. The molecule has 0 aliphatic carbocycles. The summed E-state index contributed by atoms with van der Waals surface area (Å²) in [5, 5.41) is 6.07. The van der Waals surface area contributed by atoms with Crippen LogP contribution in [0.5, 0.6) is 0 Å². The number of hydrogen-bond acceptors (Lipinski definition) is 3. The number of carbonyl (C=O) groups excluding carboxylic acids is 2. The van der Waals surface area contributed by atoms with E-state index in [1.165, 1.54) is 10.6 Å². The molecule has 158 valence electrons. The molecule has 1 atom stereocenters. The van der Waals surface area contributed by atoms with Crippen molar-refractivity contribution < 1.29 is 9.59 Å². The monoisotopic (exact) mass is 504 g/mol. The summed E-state index contributed by atoms with van der Waals surface area (Å²) in [5.41, 5.74) is 0.422. The maximum atomic E-state index is 12.4. The lowest BCUT2D eigenvalue weighted by molar-refractivity contribution is -0.130. The van der Waals surface area contributed by atoms with E-state index in [0.717, 1.165) is 19.0 Å². The van der Waals surface area contributed by atoms with Gasteiger partial charge >= 0.3 is 6.03 Å². The Morgan fingerprint density at radius 1 is 1.36 bits per heavy atom. The molecular weight excluding hydrogens is 471 g/mol. The molecule has 1 aliphatic heterocycles. The van der Waals surface area contributed by atoms with E-state index in [2.05, 4.69) is 31.2 Å². The van der Waals surface area contributed by atoms with Crippen molar-refractivity contribution in [3.8, 4) is 0 Å². The van der Waals surface area contributed by atoms with Crippen LogP contribution < -0.4 is 10.6 Å². The number of halogens is 1. The first kappa shape index (κ1) is 24.3. The molecule has 1 saturated heterocycles. The van der Waals surface area contributed by atoms with Gasteiger partial charge in [-0.15, -0.1) is 24.0 Å². The van der Waals surface area contributed by atoms with Gasteiger partial charge in [0.15, 0.2) is 5.96 Å². The number of aliphatic imine (C=N–C) groups is 1. The molecule has 0 bridgehead atoms. The quantitative estimate of drug-likeness (QED) is 0.187. The lowest BCUT2D eigenvalue weighted by atomic mass is 9.99. The zero-order valence-corrected chi connectivity index (χ0v) is 19.8. The van der Waals surface area contributed by atoms with Crippen LogP contribution in [-0.2, 0) is 18.4 Å². The Morgan fingerprint density at radius 2 is 2.07 bits per heavy atom. The highest BCUT2D eigenvalue weighted by Gasteiger charge is 2.45. The van der Waals surface area contributed by atoms with Gasteiger partial charge in [0.05, 0.1) is 6.54 Å². The number of carbonyl (C=O) groups is 2. The molecule has 0 saturated carbocycles. The third kappa shape index (κ3) is 5.62. The van der Waals surface area contributed by atoms with E-state index in [0.29, 0.717) is 25.9 Å². The normalized spacial score (nSPS) is 19.5. The molecule has 3 amide bonds. The minimum Gasteiger partial charge on any atom is -0.357 e. The number of amides is 3. The summed E-state index contributed by atoms with van der Waals surface area (Å²) in [4.78, 5) is 32.5. The topological polar surface area (TPSA) is 82.0 Å². The van der Waals surface area contributed by atoms with Gasteiger partial charge in [-0.3, -0.25) is 14.7 Å². The SMILES string of the molecule is CCNC(=NCCCN1C(=O)NC(C)(CC)C1=O)N(C)Cc1cccn1C.I. The van der Waals surface area contributed by atoms with Crippen molar-refractivity contribution in [2.24, 2.45) is 12.0 Å². The molecule has 2 N–H and O–H groups in total. The van der Waals surface area contributed by atoms with Gasteiger partial charge in [-0.2, -0.15) is 0 Å². The third-order valence-corrected chi connectivity index (χ3v) is 5.00. The van der Waals surface area contributed by atoms with Crippen molar-refractivity contribution in [2.75, 3.05) is 26.7 Å². The highest BCUT2D eigenvalue weighted by Crippen LogP contribution is 2.20. The zero-order valence-electron chi connectivity index (χ0n) is 17.5. The number of aromatic nitrogens is 1. The lowest BCUT2D eigenvalue weighted by Crippen LogP contribution is -2.43. The minimum atomic E-state index is -0.773. The van der Waals surface area contributed by atoms with Crippen LogP contribution in [0.1, 0.15) is 39.3 Å². The van der Waals surface area contributed by atoms with Gasteiger partial charge in [0, 0.05) is 45.6 Å². The van der Waals surface area contributed by atoms with Crippen LogP contribution in [0.4, 0.5) is 4.79 Å². The Morgan fingerprint density at radius 3 is 2.61 bits per heavy atom. The van der Waals surface area contributed by atoms with Crippen molar-refractivity contribution in [1.29, 1.82) is 0 Å². The second-order valence-corrected chi connectivity index (χ2v) is 7.13. The molecule has 8 nitrogen and oxygen atoms in total. The Kier molecular flexibility index (Phi) is 9.25. The average Bonchev–Trinajstić information content (AvgIpc) is 3.13. The molecular formula is C19H33IN6O2. The fourth-order valence-corrected chi connectivity index (χ4v) is 3.05. The van der Waals surface area contributed by atoms with Crippen LogP contribution in [0.15, 0.2) is 23.3 Å². The number of urea groups is 1. The van der Waals surface area contributed by atoms with Crippen molar-refractivity contribution in [3.05, 3.63) is 24.0 Å². The number of hydrogen-bond donors (Lipinski definition) is 2. The van der Waals surface area contributed by atoms with E-state index >= 15 is 0 Å². The molecule has 1 aliphatic rings. The van der Waals surface area contributed by atoms with E-state index in [1.54, 1.807) is 6.92 Å². The maximum absolute atomic E-state index is 12.4. The summed E-state index contributed by atoms with van der Waals surface area (Å²) in [6.07, 6.45) is 3.24. The van der Waals surface area contributed by atoms with Crippen LogP contribution in [0.3, 0.4) is 0 Å². The van der Waals surface area contributed by atoms with Gasteiger partial charge in [-0.25, -0.2) is 4.79 Å². The van der Waals surface area contributed by atoms with Crippen molar-refractivity contribution in [3.63, 3.8) is 0 Å². The van der Waals surface area contributed by atoms with Crippen LogP contribution in [0, 0.1) is 0 Å². The van der Waals surface area contributed by atoms with Crippen LogP contribution >= 0.6 is 24.0 Å². The van der Waals surface area contributed by atoms with Gasteiger partial charge in [-0.1, -0.05) is 6.92 Å². The Hall–Kier alpha value is -1.78. The van der Waals surface area contributed by atoms with Gasteiger partial charge in [0.2, 0.25) is 0 Å². The van der Waals surface area contributed by atoms with Crippen molar-refractivity contribution >= 4 is 41.9 Å². The molecule has 2 rings (SSSR count). The minimum absolute atomic E-state index is 0. The molecule has 0 radical (unpaired) electrons. The van der Waals surface area contributed by atoms with Gasteiger partial charge in [0.1, 0.15) is 5.54 Å².